The Balaban J connectivity index is 1.98. The molecule has 0 aromatic rings. The minimum absolute atomic E-state index is 0.0419. The van der Waals surface area contributed by atoms with Crippen LogP contribution in [-0.2, 0) is 9.53 Å². The highest BCUT2D eigenvalue weighted by molar-refractivity contribution is 5.51. The molecular weight excluding hydrogens is 120 g/mol. The Morgan fingerprint density at radius 3 is 2.89 bits per heavy atom. The van der Waals surface area contributed by atoms with E-state index in [1.165, 1.54) is 0 Å². The van der Waals surface area contributed by atoms with Gasteiger partial charge in [-0.05, 0) is 7.05 Å². The molecule has 52 valence electrons. The number of ether oxygens (including phenoxy) is 1. The molecule has 0 radical (unpaired) electrons. The van der Waals surface area contributed by atoms with Gasteiger partial charge in [0.15, 0.2) is 6.23 Å². The highest BCUT2D eigenvalue weighted by Gasteiger charge is 2.36. The first kappa shape index (κ1) is 6.67. The van der Waals surface area contributed by atoms with E-state index in [-0.39, 0.29) is 12.5 Å². The molecule has 0 amide bonds. The SMILES string of the molecule is CNC1OC1NCC=O. The summed E-state index contributed by atoms with van der Waals surface area (Å²) in [5, 5.41) is 5.75. The molecule has 0 aromatic heterocycles. The molecular formula is C5H10N2O2. The zero-order valence-corrected chi connectivity index (χ0v) is 5.26. The highest BCUT2D eigenvalue weighted by atomic mass is 16.6. The van der Waals surface area contributed by atoms with Crippen LogP contribution in [0.3, 0.4) is 0 Å². The summed E-state index contributed by atoms with van der Waals surface area (Å²) >= 11 is 0. The van der Waals surface area contributed by atoms with Crippen LogP contribution in [-0.4, -0.2) is 32.3 Å². The molecule has 4 nitrogen and oxygen atoms in total. The number of nitrogens with one attached hydrogen (secondary N) is 2. The van der Waals surface area contributed by atoms with E-state index in [1.807, 2.05) is 7.05 Å². The molecule has 0 bridgehead atoms. The lowest BCUT2D eigenvalue weighted by molar-refractivity contribution is -0.107. The summed E-state index contributed by atoms with van der Waals surface area (Å²) in [4.78, 5) is 9.79. The Kier molecular flexibility index (Phi) is 2.16. The van der Waals surface area contributed by atoms with Crippen molar-refractivity contribution in [2.45, 2.75) is 12.5 Å². The van der Waals surface area contributed by atoms with Crippen LogP contribution < -0.4 is 10.6 Å². The van der Waals surface area contributed by atoms with E-state index in [1.54, 1.807) is 0 Å². The minimum atomic E-state index is 0.0419. The van der Waals surface area contributed by atoms with Crippen LogP contribution in [0.1, 0.15) is 0 Å². The normalized spacial score (nSPS) is 32.1. The summed E-state index contributed by atoms with van der Waals surface area (Å²) in [7, 11) is 1.81. The molecule has 2 N–H and O–H groups in total. The summed E-state index contributed by atoms with van der Waals surface area (Å²) in [5.41, 5.74) is 0. The molecule has 2 unspecified atom stereocenters. The maximum Gasteiger partial charge on any atom is 0.150 e. The van der Waals surface area contributed by atoms with Crippen LogP contribution in [0.25, 0.3) is 0 Å². The smallest absolute Gasteiger partial charge is 0.150 e. The number of rotatable bonds is 4. The second-order valence-electron chi connectivity index (χ2n) is 1.84. The third-order valence-electron chi connectivity index (χ3n) is 1.18. The first-order valence-corrected chi connectivity index (χ1v) is 2.88. The summed E-state index contributed by atoms with van der Waals surface area (Å²) < 4.78 is 4.99. The Bertz CT molecular complexity index is 107. The van der Waals surface area contributed by atoms with Crippen molar-refractivity contribution in [3.63, 3.8) is 0 Å². The van der Waals surface area contributed by atoms with Gasteiger partial charge in [-0.25, -0.2) is 0 Å². The van der Waals surface area contributed by atoms with Crippen LogP contribution >= 0.6 is 0 Å². The van der Waals surface area contributed by atoms with Crippen molar-refractivity contribution in [3.05, 3.63) is 0 Å². The van der Waals surface area contributed by atoms with Gasteiger partial charge in [-0.1, -0.05) is 0 Å². The van der Waals surface area contributed by atoms with Gasteiger partial charge in [0.1, 0.15) is 12.5 Å². The van der Waals surface area contributed by atoms with Crippen molar-refractivity contribution in [1.29, 1.82) is 0 Å². The van der Waals surface area contributed by atoms with Gasteiger partial charge in [0.2, 0.25) is 0 Å². The fourth-order valence-corrected chi connectivity index (χ4v) is 0.651. The van der Waals surface area contributed by atoms with Crippen molar-refractivity contribution in [1.82, 2.24) is 10.6 Å². The zero-order chi connectivity index (χ0) is 6.69. The van der Waals surface area contributed by atoms with Crippen molar-refractivity contribution < 1.29 is 9.53 Å². The maximum absolute atomic E-state index is 9.79. The van der Waals surface area contributed by atoms with Gasteiger partial charge in [0.05, 0.1) is 6.54 Å². The molecule has 0 aliphatic carbocycles. The standard InChI is InChI=1S/C5H10N2O2/c1-6-4-5(9-4)7-2-3-8/h3-7H,2H2,1H3. The van der Waals surface area contributed by atoms with Gasteiger partial charge >= 0.3 is 0 Å². The highest BCUT2D eigenvalue weighted by Crippen LogP contribution is 2.13. The summed E-state index contributed by atoms with van der Waals surface area (Å²) in [6.07, 6.45) is 0.958. The molecule has 0 saturated carbocycles. The van der Waals surface area contributed by atoms with E-state index in [0.29, 0.717) is 6.54 Å². The number of hydrogen-bond acceptors (Lipinski definition) is 4. The molecule has 2 atom stereocenters. The molecule has 4 heteroatoms. The molecule has 1 aliphatic rings. The van der Waals surface area contributed by atoms with Crippen molar-refractivity contribution in [2.24, 2.45) is 0 Å². The van der Waals surface area contributed by atoms with Gasteiger partial charge in [0.25, 0.3) is 0 Å². The Labute approximate surface area is 53.6 Å². The van der Waals surface area contributed by atoms with Crippen molar-refractivity contribution in [2.75, 3.05) is 13.6 Å². The molecule has 0 spiro atoms. The van der Waals surface area contributed by atoms with Crippen LogP contribution in [0.15, 0.2) is 0 Å². The molecule has 1 fully saturated rings. The van der Waals surface area contributed by atoms with Gasteiger partial charge in [-0.2, -0.15) is 0 Å². The first-order chi connectivity index (χ1) is 4.38. The van der Waals surface area contributed by atoms with E-state index in [0.717, 1.165) is 6.29 Å². The summed E-state index contributed by atoms with van der Waals surface area (Å²) in [6.45, 7) is 0.364. The Hall–Kier alpha value is -0.450. The maximum atomic E-state index is 9.79. The molecule has 9 heavy (non-hydrogen) atoms. The Morgan fingerprint density at radius 1 is 1.67 bits per heavy atom. The molecule has 1 rings (SSSR count). The molecule has 1 heterocycles. The molecule has 0 aromatic carbocycles. The fourth-order valence-electron chi connectivity index (χ4n) is 0.651. The summed E-state index contributed by atoms with van der Waals surface area (Å²) in [6, 6.07) is 0. The average Bonchev–Trinajstić information content (AvgIpc) is 2.62. The number of hydrogen-bond donors (Lipinski definition) is 2. The van der Waals surface area contributed by atoms with Gasteiger partial charge in [0, 0.05) is 0 Å². The van der Waals surface area contributed by atoms with E-state index < -0.39 is 0 Å². The van der Waals surface area contributed by atoms with Crippen molar-refractivity contribution in [3.8, 4) is 0 Å². The van der Waals surface area contributed by atoms with E-state index >= 15 is 0 Å². The zero-order valence-electron chi connectivity index (χ0n) is 5.26. The molecule has 1 aliphatic heterocycles. The lowest BCUT2D eigenvalue weighted by Gasteiger charge is -1.90. The number of epoxide rings is 1. The fraction of sp³-hybridized carbons (Fsp3) is 0.800. The Morgan fingerprint density at radius 2 is 2.44 bits per heavy atom. The number of carbonyl (C=O) groups is 1. The van der Waals surface area contributed by atoms with Gasteiger partial charge in [-0.15, -0.1) is 0 Å². The van der Waals surface area contributed by atoms with E-state index in [9.17, 15) is 4.79 Å². The lowest BCUT2D eigenvalue weighted by atomic mass is 10.6. The third-order valence-corrected chi connectivity index (χ3v) is 1.18. The van der Waals surface area contributed by atoms with Crippen LogP contribution in [0.2, 0.25) is 0 Å². The van der Waals surface area contributed by atoms with E-state index in [2.05, 4.69) is 10.6 Å². The van der Waals surface area contributed by atoms with E-state index in [4.69, 9.17) is 4.74 Å². The second kappa shape index (κ2) is 2.91. The van der Waals surface area contributed by atoms with Crippen LogP contribution in [0, 0.1) is 0 Å². The van der Waals surface area contributed by atoms with Gasteiger partial charge in [-0.3, -0.25) is 10.6 Å². The van der Waals surface area contributed by atoms with Crippen LogP contribution in [0.4, 0.5) is 0 Å². The van der Waals surface area contributed by atoms with Crippen LogP contribution in [0.5, 0.6) is 0 Å². The topological polar surface area (TPSA) is 53.7 Å². The number of carbonyl (C=O) groups excluding carboxylic acids is 1. The number of likely N-dealkylation sites (N-methyl/N-ethyl adjacent to an activating group) is 1. The lowest BCUT2D eigenvalue weighted by Crippen LogP contribution is -2.26. The quantitative estimate of drug-likeness (QED) is 0.366. The monoisotopic (exact) mass is 130 g/mol. The van der Waals surface area contributed by atoms with Gasteiger partial charge < -0.3 is 9.53 Å². The largest absolute Gasteiger partial charge is 0.337 e. The minimum Gasteiger partial charge on any atom is -0.337 e. The molecule has 1 saturated heterocycles. The summed E-state index contributed by atoms with van der Waals surface area (Å²) in [5.74, 6) is 0. The second-order valence-corrected chi connectivity index (χ2v) is 1.84. The average molecular weight is 130 g/mol. The predicted molar refractivity (Wildman–Crippen MR) is 31.8 cm³/mol. The predicted octanol–water partition coefficient (Wildman–Crippen LogP) is -1.32. The first-order valence-electron chi connectivity index (χ1n) is 2.88. The third kappa shape index (κ3) is 1.74. The van der Waals surface area contributed by atoms with Crippen molar-refractivity contribution >= 4 is 6.29 Å². The number of aldehydes is 1.